The molecule has 0 bridgehead atoms. The van der Waals surface area contributed by atoms with Gasteiger partial charge in [-0.1, -0.05) is 18.6 Å². The van der Waals surface area contributed by atoms with Crippen LogP contribution in [-0.4, -0.2) is 0 Å². The molecule has 0 aromatic carbocycles. The van der Waals surface area contributed by atoms with Crippen molar-refractivity contribution in [2.24, 2.45) is 11.8 Å². The van der Waals surface area contributed by atoms with Crippen molar-refractivity contribution in [3.63, 3.8) is 0 Å². The van der Waals surface area contributed by atoms with Crippen LogP contribution in [0.3, 0.4) is 0 Å². The smallest absolute Gasteiger partial charge is 0.0289 e. The number of allylic oxidation sites excluding steroid dienone is 2. The Bertz CT molecular complexity index is 141. The third-order valence-corrected chi connectivity index (χ3v) is 3.12. The summed E-state index contributed by atoms with van der Waals surface area (Å²) in [6.07, 6.45) is 9.61. The summed E-state index contributed by atoms with van der Waals surface area (Å²) in [4.78, 5) is 0. The molecular formula is C10H16. The van der Waals surface area contributed by atoms with Gasteiger partial charge in [0.1, 0.15) is 0 Å². The summed E-state index contributed by atoms with van der Waals surface area (Å²) in [7, 11) is 0. The van der Waals surface area contributed by atoms with Crippen molar-refractivity contribution in [2.75, 3.05) is 0 Å². The van der Waals surface area contributed by atoms with Gasteiger partial charge in [-0.15, -0.1) is 0 Å². The molecular weight excluding hydrogens is 120 g/mol. The molecule has 0 radical (unpaired) electrons. The molecule has 0 spiro atoms. The fourth-order valence-electron chi connectivity index (χ4n) is 2.39. The highest BCUT2D eigenvalue weighted by molar-refractivity contribution is 5.13. The van der Waals surface area contributed by atoms with Crippen LogP contribution in [0.1, 0.15) is 39.0 Å². The Morgan fingerprint density at radius 3 is 2.30 bits per heavy atom. The van der Waals surface area contributed by atoms with E-state index in [1.54, 1.807) is 5.57 Å². The molecule has 0 heterocycles. The summed E-state index contributed by atoms with van der Waals surface area (Å²) in [6.45, 7) is 2.24. The maximum absolute atomic E-state index is 2.44. The number of hydrogen-bond donors (Lipinski definition) is 0. The van der Waals surface area contributed by atoms with E-state index >= 15 is 0 Å². The Hall–Kier alpha value is -0.260. The van der Waals surface area contributed by atoms with Crippen LogP contribution in [0.5, 0.6) is 0 Å². The molecule has 0 nitrogen and oxygen atoms in total. The lowest BCUT2D eigenvalue weighted by Crippen LogP contribution is -2.18. The summed E-state index contributed by atoms with van der Waals surface area (Å²) in [6, 6.07) is 0. The Balaban J connectivity index is 1.98. The Kier molecular flexibility index (Phi) is 1.55. The van der Waals surface area contributed by atoms with Gasteiger partial charge in [0.15, 0.2) is 0 Å². The standard InChI is InChI=1S/C10H16/c1-2-3-8-6-9-4-5-10(9)7-8/h3,9-10H,2,4-7H2,1H3. The summed E-state index contributed by atoms with van der Waals surface area (Å²) in [5.74, 6) is 2.22. The van der Waals surface area contributed by atoms with Crippen LogP contribution in [0, 0.1) is 11.8 Å². The molecule has 2 aliphatic rings. The lowest BCUT2D eigenvalue weighted by atomic mass is 9.77. The van der Waals surface area contributed by atoms with Crippen LogP contribution in [0.2, 0.25) is 0 Å². The summed E-state index contributed by atoms with van der Waals surface area (Å²) < 4.78 is 0. The van der Waals surface area contributed by atoms with Gasteiger partial charge in [0.25, 0.3) is 0 Å². The van der Waals surface area contributed by atoms with Gasteiger partial charge in [-0.3, -0.25) is 0 Å². The molecule has 0 aromatic rings. The number of fused-ring (bicyclic) bond motifs is 1. The Morgan fingerprint density at radius 1 is 1.30 bits per heavy atom. The Labute approximate surface area is 63.3 Å². The van der Waals surface area contributed by atoms with Gasteiger partial charge in [0.2, 0.25) is 0 Å². The third kappa shape index (κ3) is 0.902. The van der Waals surface area contributed by atoms with E-state index in [9.17, 15) is 0 Å². The van der Waals surface area contributed by atoms with E-state index in [-0.39, 0.29) is 0 Å². The molecule has 0 amide bonds. The summed E-state index contributed by atoms with van der Waals surface area (Å²) >= 11 is 0. The van der Waals surface area contributed by atoms with E-state index in [1.165, 1.54) is 32.1 Å². The van der Waals surface area contributed by atoms with E-state index in [2.05, 4.69) is 13.0 Å². The molecule has 0 heteroatoms. The van der Waals surface area contributed by atoms with Gasteiger partial charge < -0.3 is 0 Å². The maximum Gasteiger partial charge on any atom is -0.0289 e. The average Bonchev–Trinajstić information content (AvgIpc) is 2.14. The highest BCUT2D eigenvalue weighted by atomic mass is 14.4. The van der Waals surface area contributed by atoms with Crippen LogP contribution in [0.4, 0.5) is 0 Å². The monoisotopic (exact) mass is 136 g/mol. The van der Waals surface area contributed by atoms with Gasteiger partial charge in [-0.05, 0) is 43.9 Å². The zero-order chi connectivity index (χ0) is 6.97. The largest absolute Gasteiger partial charge is 0.0856 e. The predicted molar refractivity (Wildman–Crippen MR) is 43.8 cm³/mol. The second kappa shape index (κ2) is 2.41. The summed E-state index contributed by atoms with van der Waals surface area (Å²) in [5.41, 5.74) is 1.76. The molecule has 2 aliphatic carbocycles. The second-order valence-corrected chi connectivity index (χ2v) is 3.78. The SMILES string of the molecule is CCC=C1CC2CCC2C1. The van der Waals surface area contributed by atoms with Crippen molar-refractivity contribution in [3.05, 3.63) is 11.6 Å². The normalized spacial score (nSPS) is 37.1. The second-order valence-electron chi connectivity index (χ2n) is 3.78. The van der Waals surface area contributed by atoms with Crippen molar-refractivity contribution in [1.29, 1.82) is 0 Å². The minimum absolute atomic E-state index is 1.11. The third-order valence-electron chi connectivity index (χ3n) is 3.12. The first-order valence-corrected chi connectivity index (χ1v) is 4.58. The molecule has 2 rings (SSSR count). The first-order chi connectivity index (χ1) is 4.90. The van der Waals surface area contributed by atoms with E-state index in [0.29, 0.717) is 0 Å². The van der Waals surface area contributed by atoms with Gasteiger partial charge >= 0.3 is 0 Å². The highest BCUT2D eigenvalue weighted by Crippen LogP contribution is 2.49. The fourth-order valence-corrected chi connectivity index (χ4v) is 2.39. The van der Waals surface area contributed by atoms with Gasteiger partial charge in [0.05, 0.1) is 0 Å². The van der Waals surface area contributed by atoms with Crippen molar-refractivity contribution >= 4 is 0 Å². The number of rotatable bonds is 1. The first-order valence-electron chi connectivity index (χ1n) is 4.58. The fraction of sp³-hybridized carbons (Fsp3) is 0.800. The van der Waals surface area contributed by atoms with E-state index in [0.717, 1.165) is 11.8 Å². The highest BCUT2D eigenvalue weighted by Gasteiger charge is 2.36. The molecule has 0 N–H and O–H groups in total. The zero-order valence-electron chi connectivity index (χ0n) is 6.77. The van der Waals surface area contributed by atoms with Crippen LogP contribution < -0.4 is 0 Å². The van der Waals surface area contributed by atoms with Gasteiger partial charge in [0, 0.05) is 0 Å². The maximum atomic E-state index is 2.44. The Morgan fingerprint density at radius 2 is 1.90 bits per heavy atom. The van der Waals surface area contributed by atoms with Crippen molar-refractivity contribution in [3.8, 4) is 0 Å². The van der Waals surface area contributed by atoms with Crippen molar-refractivity contribution < 1.29 is 0 Å². The van der Waals surface area contributed by atoms with Crippen LogP contribution in [0.25, 0.3) is 0 Å². The van der Waals surface area contributed by atoms with E-state index < -0.39 is 0 Å². The lowest BCUT2D eigenvalue weighted by Gasteiger charge is -2.28. The number of hydrogen-bond acceptors (Lipinski definition) is 0. The molecule has 56 valence electrons. The molecule has 10 heavy (non-hydrogen) atoms. The quantitative estimate of drug-likeness (QED) is 0.486. The molecule has 2 unspecified atom stereocenters. The minimum Gasteiger partial charge on any atom is -0.0856 e. The lowest BCUT2D eigenvalue weighted by molar-refractivity contribution is 0.219. The molecule has 0 aliphatic heterocycles. The summed E-state index contributed by atoms with van der Waals surface area (Å²) in [5, 5.41) is 0. The molecule has 2 saturated carbocycles. The zero-order valence-corrected chi connectivity index (χ0v) is 6.77. The molecule has 2 fully saturated rings. The average molecular weight is 136 g/mol. The van der Waals surface area contributed by atoms with Crippen LogP contribution in [0.15, 0.2) is 11.6 Å². The van der Waals surface area contributed by atoms with Crippen molar-refractivity contribution in [1.82, 2.24) is 0 Å². The van der Waals surface area contributed by atoms with E-state index in [1.807, 2.05) is 0 Å². The van der Waals surface area contributed by atoms with Crippen molar-refractivity contribution in [2.45, 2.75) is 39.0 Å². The van der Waals surface area contributed by atoms with Gasteiger partial charge in [-0.2, -0.15) is 0 Å². The molecule has 0 aromatic heterocycles. The van der Waals surface area contributed by atoms with Crippen LogP contribution >= 0.6 is 0 Å². The topological polar surface area (TPSA) is 0 Å². The molecule has 0 saturated heterocycles. The van der Waals surface area contributed by atoms with Crippen LogP contribution in [-0.2, 0) is 0 Å². The van der Waals surface area contributed by atoms with Gasteiger partial charge in [-0.25, -0.2) is 0 Å². The first kappa shape index (κ1) is 6.45. The molecule has 2 atom stereocenters. The minimum atomic E-state index is 1.11. The van der Waals surface area contributed by atoms with E-state index in [4.69, 9.17) is 0 Å². The predicted octanol–water partition coefficient (Wildman–Crippen LogP) is 3.14.